The first-order chi connectivity index (χ1) is 12.2. The number of aromatic nitrogens is 1. The number of carbonyl (C=O) groups is 1. The second-order valence-electron chi connectivity index (χ2n) is 6.11. The van der Waals surface area contributed by atoms with Crippen LogP contribution in [0.4, 0.5) is 4.39 Å². The summed E-state index contributed by atoms with van der Waals surface area (Å²) in [6, 6.07) is 11.5. The third-order valence-electron chi connectivity index (χ3n) is 4.49. The zero-order valence-corrected chi connectivity index (χ0v) is 14.3. The maximum absolute atomic E-state index is 13.2. The molecule has 132 valence electrons. The predicted molar refractivity (Wildman–Crippen MR) is 92.2 cm³/mol. The number of pyridine rings is 1. The zero-order valence-electron chi connectivity index (χ0n) is 14.3. The number of methoxy groups -OCH3 is 1. The molecular formula is C19H22FN3O2. The SMILES string of the molecule is COC(=O)[C@H](c1ccc(F)cc1)N1CCN(Cc2ccccn2)CC1. The first-order valence-electron chi connectivity index (χ1n) is 8.37. The fourth-order valence-electron chi connectivity index (χ4n) is 3.15. The zero-order chi connectivity index (χ0) is 17.6. The third-order valence-corrected chi connectivity index (χ3v) is 4.49. The fourth-order valence-corrected chi connectivity index (χ4v) is 3.15. The van der Waals surface area contributed by atoms with Crippen LogP contribution in [0.1, 0.15) is 17.3 Å². The molecule has 3 rings (SSSR count). The second kappa shape index (κ2) is 8.18. The molecule has 0 N–H and O–H groups in total. The largest absolute Gasteiger partial charge is 0.468 e. The lowest BCUT2D eigenvalue weighted by atomic mass is 10.0. The Hall–Kier alpha value is -2.31. The van der Waals surface area contributed by atoms with Gasteiger partial charge in [0, 0.05) is 38.9 Å². The highest BCUT2D eigenvalue weighted by Crippen LogP contribution is 2.24. The molecule has 0 amide bonds. The van der Waals surface area contributed by atoms with E-state index in [0.717, 1.165) is 44.0 Å². The van der Waals surface area contributed by atoms with Gasteiger partial charge in [0.15, 0.2) is 0 Å². The number of hydrogen-bond acceptors (Lipinski definition) is 5. The van der Waals surface area contributed by atoms with Gasteiger partial charge >= 0.3 is 5.97 Å². The Morgan fingerprint density at radius 2 is 1.88 bits per heavy atom. The van der Waals surface area contributed by atoms with Crippen molar-refractivity contribution >= 4 is 5.97 Å². The number of nitrogens with zero attached hydrogens (tertiary/aromatic N) is 3. The molecule has 0 spiro atoms. The summed E-state index contributed by atoms with van der Waals surface area (Å²) in [4.78, 5) is 21.1. The van der Waals surface area contributed by atoms with E-state index in [1.807, 2.05) is 18.2 Å². The lowest BCUT2D eigenvalue weighted by Gasteiger charge is -2.38. The first-order valence-corrected chi connectivity index (χ1v) is 8.37. The molecule has 1 aromatic heterocycles. The minimum Gasteiger partial charge on any atom is -0.468 e. The van der Waals surface area contributed by atoms with Crippen LogP contribution < -0.4 is 0 Å². The summed E-state index contributed by atoms with van der Waals surface area (Å²) in [6.45, 7) is 3.96. The maximum Gasteiger partial charge on any atom is 0.327 e. The number of halogens is 1. The highest BCUT2D eigenvalue weighted by atomic mass is 19.1. The molecule has 25 heavy (non-hydrogen) atoms. The van der Waals surface area contributed by atoms with Crippen molar-refractivity contribution < 1.29 is 13.9 Å². The molecule has 1 aliphatic rings. The predicted octanol–water partition coefficient (Wildman–Crippen LogP) is 2.25. The van der Waals surface area contributed by atoms with Gasteiger partial charge in [0.1, 0.15) is 11.9 Å². The van der Waals surface area contributed by atoms with Crippen molar-refractivity contribution in [1.29, 1.82) is 0 Å². The summed E-state index contributed by atoms with van der Waals surface area (Å²) < 4.78 is 18.2. The van der Waals surface area contributed by atoms with Crippen LogP contribution in [-0.2, 0) is 16.1 Å². The van der Waals surface area contributed by atoms with Crippen LogP contribution in [0.5, 0.6) is 0 Å². The summed E-state index contributed by atoms with van der Waals surface area (Å²) in [5.41, 5.74) is 1.80. The smallest absolute Gasteiger partial charge is 0.327 e. The first kappa shape index (κ1) is 17.5. The van der Waals surface area contributed by atoms with E-state index in [0.29, 0.717) is 0 Å². The van der Waals surface area contributed by atoms with Crippen molar-refractivity contribution in [3.8, 4) is 0 Å². The molecule has 1 atom stereocenters. The van der Waals surface area contributed by atoms with E-state index in [1.54, 1.807) is 18.3 Å². The molecule has 0 radical (unpaired) electrons. The van der Waals surface area contributed by atoms with Gasteiger partial charge in [-0.05, 0) is 29.8 Å². The van der Waals surface area contributed by atoms with Crippen LogP contribution in [0.2, 0.25) is 0 Å². The third kappa shape index (κ3) is 4.41. The Morgan fingerprint density at radius 3 is 2.48 bits per heavy atom. The number of esters is 1. The van der Waals surface area contributed by atoms with Crippen LogP contribution in [-0.4, -0.2) is 54.0 Å². The molecule has 1 aromatic carbocycles. The summed E-state index contributed by atoms with van der Waals surface area (Å²) in [7, 11) is 1.39. The van der Waals surface area contributed by atoms with E-state index in [-0.39, 0.29) is 11.8 Å². The summed E-state index contributed by atoms with van der Waals surface area (Å²) in [5, 5.41) is 0. The van der Waals surface area contributed by atoms with Gasteiger partial charge in [-0.3, -0.25) is 14.8 Å². The second-order valence-corrected chi connectivity index (χ2v) is 6.11. The monoisotopic (exact) mass is 343 g/mol. The van der Waals surface area contributed by atoms with E-state index in [4.69, 9.17) is 4.74 Å². The molecule has 6 heteroatoms. The molecule has 1 aliphatic heterocycles. The normalized spacial score (nSPS) is 17.2. The lowest BCUT2D eigenvalue weighted by molar-refractivity contribution is -0.148. The van der Waals surface area contributed by atoms with Crippen molar-refractivity contribution in [1.82, 2.24) is 14.8 Å². The molecule has 1 fully saturated rings. The van der Waals surface area contributed by atoms with Gasteiger partial charge in [-0.1, -0.05) is 18.2 Å². The van der Waals surface area contributed by atoms with Gasteiger partial charge in [0.2, 0.25) is 0 Å². The quantitative estimate of drug-likeness (QED) is 0.779. The van der Waals surface area contributed by atoms with Crippen molar-refractivity contribution in [2.45, 2.75) is 12.6 Å². The maximum atomic E-state index is 13.2. The standard InChI is InChI=1S/C19H22FN3O2/c1-25-19(24)18(15-5-7-16(20)8-6-15)23-12-10-22(11-13-23)14-17-4-2-3-9-21-17/h2-9,18H,10-14H2,1H3/t18-/m0/s1. The van der Waals surface area contributed by atoms with Gasteiger partial charge in [0.05, 0.1) is 12.8 Å². The van der Waals surface area contributed by atoms with Crippen LogP contribution in [0.25, 0.3) is 0 Å². The number of rotatable bonds is 5. The Balaban J connectivity index is 1.66. The van der Waals surface area contributed by atoms with E-state index >= 15 is 0 Å². The number of benzene rings is 1. The van der Waals surface area contributed by atoms with Crippen molar-refractivity contribution in [3.63, 3.8) is 0 Å². The summed E-state index contributed by atoms with van der Waals surface area (Å²) >= 11 is 0. The molecule has 0 aliphatic carbocycles. The average Bonchev–Trinajstić information content (AvgIpc) is 2.65. The van der Waals surface area contributed by atoms with E-state index in [1.165, 1.54) is 19.2 Å². The summed E-state index contributed by atoms with van der Waals surface area (Å²) in [6.07, 6.45) is 1.80. The average molecular weight is 343 g/mol. The van der Waals surface area contributed by atoms with Crippen molar-refractivity contribution in [2.24, 2.45) is 0 Å². The van der Waals surface area contributed by atoms with Gasteiger partial charge < -0.3 is 4.74 Å². The molecule has 0 bridgehead atoms. The van der Waals surface area contributed by atoms with Gasteiger partial charge in [0.25, 0.3) is 0 Å². The number of ether oxygens (including phenoxy) is 1. The number of hydrogen-bond donors (Lipinski definition) is 0. The van der Waals surface area contributed by atoms with Gasteiger partial charge in [-0.2, -0.15) is 0 Å². The molecule has 2 aromatic rings. The highest BCUT2D eigenvalue weighted by Gasteiger charge is 2.31. The highest BCUT2D eigenvalue weighted by molar-refractivity contribution is 5.77. The van der Waals surface area contributed by atoms with E-state index < -0.39 is 6.04 Å². The lowest BCUT2D eigenvalue weighted by Crippen LogP contribution is -2.49. The number of carbonyl (C=O) groups excluding carboxylic acids is 1. The Kier molecular flexibility index (Phi) is 5.73. The summed E-state index contributed by atoms with van der Waals surface area (Å²) in [5.74, 6) is -0.627. The Labute approximate surface area is 147 Å². The fraction of sp³-hybridized carbons (Fsp3) is 0.368. The minimum atomic E-state index is -0.498. The van der Waals surface area contributed by atoms with Crippen molar-refractivity contribution in [3.05, 3.63) is 65.7 Å². The van der Waals surface area contributed by atoms with Crippen LogP contribution in [0, 0.1) is 5.82 Å². The van der Waals surface area contributed by atoms with E-state index in [9.17, 15) is 9.18 Å². The molecule has 0 unspecified atom stereocenters. The van der Waals surface area contributed by atoms with Crippen LogP contribution >= 0.6 is 0 Å². The Morgan fingerprint density at radius 1 is 1.16 bits per heavy atom. The number of piperazine rings is 1. The topological polar surface area (TPSA) is 45.7 Å². The van der Waals surface area contributed by atoms with E-state index in [2.05, 4.69) is 14.8 Å². The van der Waals surface area contributed by atoms with Crippen molar-refractivity contribution in [2.75, 3.05) is 33.3 Å². The molecular weight excluding hydrogens is 321 g/mol. The van der Waals surface area contributed by atoms with Gasteiger partial charge in [-0.25, -0.2) is 9.18 Å². The van der Waals surface area contributed by atoms with Gasteiger partial charge in [-0.15, -0.1) is 0 Å². The molecule has 2 heterocycles. The van der Waals surface area contributed by atoms with Crippen LogP contribution in [0.3, 0.4) is 0 Å². The minimum absolute atomic E-state index is 0.312. The Bertz CT molecular complexity index is 686. The molecule has 5 nitrogen and oxygen atoms in total. The molecule has 1 saturated heterocycles. The van der Waals surface area contributed by atoms with Crippen LogP contribution in [0.15, 0.2) is 48.7 Å². The molecule has 0 saturated carbocycles.